The maximum atomic E-state index is 11.5. The number of halogens is 2. The third-order valence-electron chi connectivity index (χ3n) is 2.04. The summed E-state index contributed by atoms with van der Waals surface area (Å²) < 4.78 is 10.0. The van der Waals surface area contributed by atoms with Crippen molar-refractivity contribution in [3.63, 3.8) is 0 Å². The van der Waals surface area contributed by atoms with Crippen LogP contribution in [0.5, 0.6) is 0 Å². The third kappa shape index (κ3) is 3.62. The number of hydrogen-bond acceptors (Lipinski definition) is 4. The molecule has 98 valence electrons. The van der Waals surface area contributed by atoms with E-state index in [0.29, 0.717) is 0 Å². The highest BCUT2D eigenvalue weighted by molar-refractivity contribution is 6.33. The molecule has 0 aromatic carbocycles. The van der Waals surface area contributed by atoms with E-state index >= 15 is 0 Å². The van der Waals surface area contributed by atoms with E-state index in [1.165, 1.54) is 32.1 Å². The van der Waals surface area contributed by atoms with Crippen LogP contribution in [0.3, 0.4) is 0 Å². The summed E-state index contributed by atoms with van der Waals surface area (Å²) in [7, 11) is 0. The van der Waals surface area contributed by atoms with Gasteiger partial charge in [-0.25, -0.2) is 4.79 Å². The molecule has 2 atom stereocenters. The van der Waals surface area contributed by atoms with Gasteiger partial charge in [0.1, 0.15) is 0 Å². The van der Waals surface area contributed by atoms with Crippen LogP contribution in [0.15, 0.2) is 35.4 Å². The summed E-state index contributed by atoms with van der Waals surface area (Å²) in [4.78, 5) is 22.5. The van der Waals surface area contributed by atoms with Gasteiger partial charge < -0.3 is 9.47 Å². The maximum Gasteiger partial charge on any atom is 0.333 e. The molecule has 6 heteroatoms. The average molecular weight is 291 g/mol. The number of ether oxygens (including phenoxy) is 2. The lowest BCUT2D eigenvalue weighted by atomic mass is 10.1. The minimum atomic E-state index is -1.64. The summed E-state index contributed by atoms with van der Waals surface area (Å²) in [6.07, 6.45) is 3.28. The van der Waals surface area contributed by atoms with Crippen molar-refractivity contribution in [2.75, 3.05) is 0 Å². The second-order valence-corrected chi connectivity index (χ2v) is 4.81. The van der Waals surface area contributed by atoms with E-state index < -0.39 is 23.1 Å². The van der Waals surface area contributed by atoms with Crippen molar-refractivity contribution in [2.45, 2.75) is 25.0 Å². The van der Waals surface area contributed by atoms with E-state index in [9.17, 15) is 9.59 Å². The molecule has 0 saturated carbocycles. The molecule has 0 N–H and O–H groups in total. The number of rotatable bonds is 3. The zero-order valence-corrected chi connectivity index (χ0v) is 11.4. The molecular formula is C12H12Cl2O4. The largest absolute Gasteiger partial charge is 0.449 e. The highest BCUT2D eigenvalue weighted by Crippen LogP contribution is 2.33. The van der Waals surface area contributed by atoms with Crippen LogP contribution in [0.2, 0.25) is 0 Å². The molecule has 2 unspecified atom stereocenters. The van der Waals surface area contributed by atoms with Crippen molar-refractivity contribution in [1.82, 2.24) is 0 Å². The molecule has 0 fully saturated rings. The Morgan fingerprint density at radius 3 is 2.56 bits per heavy atom. The SMILES string of the molecule is C=C(C)C(=O)OC1C=CC(Cl)=CC1(Cl)OC(C)=O. The summed E-state index contributed by atoms with van der Waals surface area (Å²) >= 11 is 11.9. The molecule has 0 bridgehead atoms. The van der Waals surface area contributed by atoms with Gasteiger partial charge >= 0.3 is 11.9 Å². The number of allylic oxidation sites excluding steroid dienone is 2. The zero-order valence-electron chi connectivity index (χ0n) is 9.91. The molecule has 0 aromatic rings. The Labute approximate surface area is 115 Å². The normalized spacial score (nSPS) is 26.2. The van der Waals surface area contributed by atoms with Crippen LogP contribution < -0.4 is 0 Å². The molecule has 18 heavy (non-hydrogen) atoms. The fraction of sp³-hybridized carbons (Fsp3) is 0.333. The van der Waals surface area contributed by atoms with Gasteiger partial charge in [0.2, 0.25) is 5.06 Å². The van der Waals surface area contributed by atoms with Crippen LogP contribution >= 0.6 is 23.2 Å². The molecule has 0 aliphatic heterocycles. The van der Waals surface area contributed by atoms with Crippen molar-refractivity contribution in [3.8, 4) is 0 Å². The zero-order chi connectivity index (χ0) is 13.9. The molecular weight excluding hydrogens is 279 g/mol. The Hall–Kier alpha value is -1.26. The van der Waals surface area contributed by atoms with E-state index in [1.54, 1.807) is 0 Å². The first-order valence-corrected chi connectivity index (χ1v) is 5.82. The van der Waals surface area contributed by atoms with Crippen LogP contribution in [0, 0.1) is 0 Å². The molecule has 0 radical (unpaired) electrons. The first-order chi connectivity index (χ1) is 8.24. The fourth-order valence-corrected chi connectivity index (χ4v) is 1.91. The van der Waals surface area contributed by atoms with E-state index in [0.717, 1.165) is 0 Å². The summed E-state index contributed by atoms with van der Waals surface area (Å²) in [6, 6.07) is 0. The highest BCUT2D eigenvalue weighted by atomic mass is 35.5. The predicted octanol–water partition coefficient (Wildman–Crippen LogP) is 2.67. The standard InChI is InChI=1S/C12H12Cl2O4/c1-7(2)11(16)17-10-5-4-9(13)6-12(10,14)18-8(3)15/h4-6,10H,1H2,2-3H3. The fourth-order valence-electron chi connectivity index (χ4n) is 1.27. The van der Waals surface area contributed by atoms with Gasteiger partial charge in [-0.3, -0.25) is 4.79 Å². The molecule has 1 aliphatic carbocycles. The smallest absolute Gasteiger partial charge is 0.333 e. The Bertz CT molecular complexity index is 453. The van der Waals surface area contributed by atoms with Crippen LogP contribution in [-0.2, 0) is 19.1 Å². The first-order valence-electron chi connectivity index (χ1n) is 5.06. The van der Waals surface area contributed by atoms with Gasteiger partial charge in [0.15, 0.2) is 6.10 Å². The van der Waals surface area contributed by atoms with Crippen molar-refractivity contribution < 1.29 is 19.1 Å². The third-order valence-corrected chi connectivity index (χ3v) is 2.67. The molecule has 1 aliphatic rings. The van der Waals surface area contributed by atoms with Crippen molar-refractivity contribution >= 4 is 35.1 Å². The predicted molar refractivity (Wildman–Crippen MR) is 68.1 cm³/mol. The molecule has 1 rings (SSSR count). The van der Waals surface area contributed by atoms with Gasteiger partial charge in [0.25, 0.3) is 0 Å². The lowest BCUT2D eigenvalue weighted by molar-refractivity contribution is -0.161. The molecule has 0 spiro atoms. The Morgan fingerprint density at radius 1 is 1.44 bits per heavy atom. The second-order valence-electron chi connectivity index (χ2n) is 3.79. The molecule has 0 saturated heterocycles. The number of carbonyl (C=O) groups excluding carboxylic acids is 2. The highest BCUT2D eigenvalue weighted by Gasteiger charge is 2.42. The minimum absolute atomic E-state index is 0.214. The van der Waals surface area contributed by atoms with Gasteiger partial charge in [-0.1, -0.05) is 29.8 Å². The number of alkyl halides is 1. The Morgan fingerprint density at radius 2 is 2.06 bits per heavy atom. The number of carbonyl (C=O) groups is 2. The minimum Gasteiger partial charge on any atom is -0.449 e. The van der Waals surface area contributed by atoms with Gasteiger partial charge in [-0.15, -0.1) is 0 Å². The van der Waals surface area contributed by atoms with Gasteiger partial charge in [-0.05, 0) is 25.2 Å². The molecule has 0 amide bonds. The van der Waals surface area contributed by atoms with Crippen molar-refractivity contribution in [2.24, 2.45) is 0 Å². The Balaban J connectivity index is 2.95. The van der Waals surface area contributed by atoms with Crippen LogP contribution in [0.25, 0.3) is 0 Å². The van der Waals surface area contributed by atoms with Crippen LogP contribution in [0.4, 0.5) is 0 Å². The molecule has 4 nitrogen and oxygen atoms in total. The average Bonchev–Trinajstić information content (AvgIpc) is 2.20. The summed E-state index contributed by atoms with van der Waals surface area (Å²) in [5, 5.41) is -1.35. The lowest BCUT2D eigenvalue weighted by Crippen LogP contribution is -2.42. The summed E-state index contributed by atoms with van der Waals surface area (Å²) in [5.74, 6) is -1.24. The van der Waals surface area contributed by atoms with Crippen LogP contribution in [0.1, 0.15) is 13.8 Å². The van der Waals surface area contributed by atoms with E-state index in [-0.39, 0.29) is 10.6 Å². The van der Waals surface area contributed by atoms with E-state index in [4.69, 9.17) is 32.7 Å². The number of hydrogen-bond donors (Lipinski definition) is 0. The van der Waals surface area contributed by atoms with Crippen LogP contribution in [-0.4, -0.2) is 23.1 Å². The van der Waals surface area contributed by atoms with Gasteiger partial charge in [0.05, 0.1) is 0 Å². The molecule has 0 heterocycles. The lowest BCUT2D eigenvalue weighted by Gasteiger charge is -2.31. The van der Waals surface area contributed by atoms with Gasteiger partial charge in [-0.2, -0.15) is 0 Å². The van der Waals surface area contributed by atoms with E-state index in [2.05, 4.69) is 6.58 Å². The maximum absolute atomic E-state index is 11.5. The van der Waals surface area contributed by atoms with E-state index in [1.807, 2.05) is 0 Å². The topological polar surface area (TPSA) is 52.6 Å². The monoisotopic (exact) mass is 290 g/mol. The molecule has 0 aromatic heterocycles. The quantitative estimate of drug-likeness (QED) is 0.456. The summed E-state index contributed by atoms with van der Waals surface area (Å²) in [6.45, 7) is 6.15. The Kier molecular flexibility index (Phi) is 4.59. The van der Waals surface area contributed by atoms with Crippen molar-refractivity contribution in [1.29, 1.82) is 0 Å². The van der Waals surface area contributed by atoms with Crippen molar-refractivity contribution in [3.05, 3.63) is 35.4 Å². The number of esters is 2. The van der Waals surface area contributed by atoms with Gasteiger partial charge in [0, 0.05) is 17.5 Å². The first kappa shape index (κ1) is 14.8. The summed E-state index contributed by atoms with van der Waals surface area (Å²) in [5.41, 5.74) is 0.214. The second kappa shape index (κ2) is 5.59.